The average molecular weight is 196 g/mol. The summed E-state index contributed by atoms with van der Waals surface area (Å²) in [6.07, 6.45) is 0. The van der Waals surface area contributed by atoms with Gasteiger partial charge >= 0.3 is 0 Å². The molecule has 0 aromatic carbocycles. The zero-order valence-corrected chi connectivity index (χ0v) is 10.6. The lowest BCUT2D eigenvalue weighted by atomic mass is 10.3. The van der Waals surface area contributed by atoms with Crippen molar-refractivity contribution in [1.29, 1.82) is 0 Å². The van der Waals surface area contributed by atoms with Gasteiger partial charge in [0.15, 0.2) is 10.3 Å². The summed E-state index contributed by atoms with van der Waals surface area (Å²) in [7, 11) is 5.45. The van der Waals surface area contributed by atoms with Gasteiger partial charge in [0.2, 0.25) is 0 Å². The maximum absolute atomic E-state index is 5.18. The zero-order valence-electron chi connectivity index (χ0n) is 7.67. The fourth-order valence-electron chi connectivity index (χ4n) is 0.647. The first-order valence-corrected chi connectivity index (χ1v) is 4.76. The highest BCUT2D eigenvalue weighted by molar-refractivity contribution is 7.81. The second kappa shape index (κ2) is 3.91. The molecule has 0 heterocycles. The van der Waals surface area contributed by atoms with Crippen LogP contribution in [-0.4, -0.2) is 41.9 Å². The van der Waals surface area contributed by atoms with E-state index < -0.39 is 10.3 Å². The van der Waals surface area contributed by atoms with Gasteiger partial charge < -0.3 is 14.2 Å². The Morgan fingerprint density at radius 1 is 1.09 bits per heavy atom. The van der Waals surface area contributed by atoms with Crippen LogP contribution >= 0.6 is 12.6 Å². The Balaban J connectivity index is 4.47. The van der Waals surface area contributed by atoms with Crippen molar-refractivity contribution in [2.75, 3.05) is 21.3 Å². The molecule has 0 spiro atoms. The van der Waals surface area contributed by atoms with Crippen molar-refractivity contribution in [3.63, 3.8) is 0 Å². The Morgan fingerprint density at radius 3 is 1.55 bits per heavy atom. The summed E-state index contributed by atoms with van der Waals surface area (Å²) in [6.45, 7) is 1.82. The summed E-state index contributed by atoms with van der Waals surface area (Å²) in [5.74, 6) is 0. The van der Waals surface area contributed by atoms with Crippen molar-refractivity contribution in [2.24, 2.45) is 0 Å². The molecule has 0 fully saturated rings. The van der Waals surface area contributed by atoms with Crippen LogP contribution in [0.1, 0.15) is 6.92 Å². The van der Waals surface area contributed by atoms with Crippen LogP contribution in [-0.2, 0) is 14.2 Å². The van der Waals surface area contributed by atoms with Gasteiger partial charge in [-0.1, -0.05) is 0 Å². The van der Waals surface area contributed by atoms with Gasteiger partial charge in [0.1, 0.15) is 0 Å². The molecule has 1 unspecified atom stereocenters. The molecule has 0 bridgehead atoms. The highest BCUT2D eigenvalue weighted by Crippen LogP contribution is 2.30. The molecule has 0 aliphatic heterocycles. The van der Waals surface area contributed by atoms with E-state index in [0.29, 0.717) is 10.2 Å². The SMILES string of the molecule is COC(C)(S)C([SiH3])(OC)OC. The summed E-state index contributed by atoms with van der Waals surface area (Å²) in [4.78, 5) is -0.692. The van der Waals surface area contributed by atoms with Crippen molar-refractivity contribution in [3.05, 3.63) is 0 Å². The summed E-state index contributed by atoms with van der Waals surface area (Å²) >= 11 is 4.29. The van der Waals surface area contributed by atoms with Crippen LogP contribution in [0.3, 0.4) is 0 Å². The first-order valence-electron chi connectivity index (χ1n) is 3.31. The molecule has 0 aromatic heterocycles. The van der Waals surface area contributed by atoms with Crippen LogP contribution in [0.25, 0.3) is 0 Å². The molecule has 0 amide bonds. The number of rotatable bonds is 4. The van der Waals surface area contributed by atoms with Crippen molar-refractivity contribution >= 4 is 22.9 Å². The molecule has 11 heavy (non-hydrogen) atoms. The molecule has 0 N–H and O–H groups in total. The average Bonchev–Trinajstić information content (AvgIpc) is 2.02. The summed E-state index contributed by atoms with van der Waals surface area (Å²) in [5.41, 5.74) is -0.690. The maximum atomic E-state index is 5.18. The predicted molar refractivity (Wildman–Crippen MR) is 51.1 cm³/mol. The van der Waals surface area contributed by atoms with Gasteiger partial charge in [-0.05, 0) is 6.92 Å². The Bertz CT molecular complexity index is 125. The molecule has 0 aliphatic carbocycles. The maximum Gasteiger partial charge on any atom is 0.177 e. The monoisotopic (exact) mass is 196 g/mol. The third-order valence-electron chi connectivity index (χ3n) is 2.02. The summed E-state index contributed by atoms with van der Waals surface area (Å²) < 4.78 is 15.5. The molecule has 0 rings (SSSR count). The van der Waals surface area contributed by atoms with Crippen LogP contribution in [0.5, 0.6) is 0 Å². The zero-order chi connectivity index (χ0) is 9.12. The number of ether oxygens (including phenoxy) is 3. The fourth-order valence-corrected chi connectivity index (χ4v) is 1.03. The highest BCUT2D eigenvalue weighted by Gasteiger charge is 2.42. The smallest absolute Gasteiger partial charge is 0.177 e. The van der Waals surface area contributed by atoms with Gasteiger partial charge in [0.25, 0.3) is 0 Å². The minimum atomic E-state index is -0.692. The van der Waals surface area contributed by atoms with Gasteiger partial charge in [-0.2, -0.15) is 0 Å². The van der Waals surface area contributed by atoms with Crippen LogP contribution in [0.4, 0.5) is 0 Å². The Kier molecular flexibility index (Phi) is 4.07. The third kappa shape index (κ3) is 2.19. The highest BCUT2D eigenvalue weighted by atomic mass is 32.1. The van der Waals surface area contributed by atoms with Crippen LogP contribution in [0, 0.1) is 0 Å². The largest absolute Gasteiger partial charge is 0.363 e. The van der Waals surface area contributed by atoms with E-state index in [1.165, 1.54) is 0 Å². The Morgan fingerprint density at radius 2 is 1.45 bits per heavy atom. The first kappa shape index (κ1) is 11.4. The van der Waals surface area contributed by atoms with Crippen molar-refractivity contribution in [2.45, 2.75) is 17.3 Å². The van der Waals surface area contributed by atoms with E-state index in [-0.39, 0.29) is 0 Å². The minimum absolute atomic E-state index is 0.690. The lowest BCUT2D eigenvalue weighted by Crippen LogP contribution is -2.53. The Hall–Kier alpha value is 0.447. The van der Waals surface area contributed by atoms with Crippen molar-refractivity contribution < 1.29 is 14.2 Å². The van der Waals surface area contributed by atoms with Crippen molar-refractivity contribution in [3.8, 4) is 0 Å². The molecule has 0 saturated heterocycles. The molecule has 5 heteroatoms. The summed E-state index contributed by atoms with van der Waals surface area (Å²) in [6, 6.07) is 0. The van der Waals surface area contributed by atoms with E-state index in [1.54, 1.807) is 21.3 Å². The topological polar surface area (TPSA) is 27.7 Å². The molecule has 0 aliphatic rings. The van der Waals surface area contributed by atoms with Crippen molar-refractivity contribution in [1.82, 2.24) is 0 Å². The Labute approximate surface area is 76.2 Å². The second-order valence-electron chi connectivity index (χ2n) is 2.54. The van der Waals surface area contributed by atoms with Gasteiger partial charge in [-0.15, -0.1) is 12.6 Å². The number of methoxy groups -OCH3 is 3. The molecule has 3 nitrogen and oxygen atoms in total. The minimum Gasteiger partial charge on any atom is -0.363 e. The first-order chi connectivity index (χ1) is 4.93. The molecule has 68 valence electrons. The van der Waals surface area contributed by atoms with Gasteiger partial charge in [0, 0.05) is 21.3 Å². The fraction of sp³-hybridized carbons (Fsp3) is 1.00. The van der Waals surface area contributed by atoms with Gasteiger partial charge in [0.05, 0.1) is 10.2 Å². The van der Waals surface area contributed by atoms with E-state index in [2.05, 4.69) is 12.6 Å². The molecule has 0 saturated carbocycles. The normalized spacial score (nSPS) is 18.3. The lowest BCUT2D eigenvalue weighted by molar-refractivity contribution is -0.215. The molecular formula is C6H16O3SSi. The van der Waals surface area contributed by atoms with E-state index in [1.807, 2.05) is 6.92 Å². The number of hydrogen-bond donors (Lipinski definition) is 1. The van der Waals surface area contributed by atoms with E-state index in [4.69, 9.17) is 14.2 Å². The number of hydrogen-bond acceptors (Lipinski definition) is 4. The standard InChI is InChI=1S/C6H16O3SSi/c1-5(10,7-2)6(11,8-3)9-4/h10H,1-4,11H3. The van der Waals surface area contributed by atoms with E-state index in [9.17, 15) is 0 Å². The second-order valence-corrected chi connectivity index (χ2v) is 4.71. The lowest BCUT2D eigenvalue weighted by Gasteiger charge is -2.39. The van der Waals surface area contributed by atoms with E-state index in [0.717, 1.165) is 0 Å². The van der Waals surface area contributed by atoms with Crippen LogP contribution < -0.4 is 0 Å². The van der Waals surface area contributed by atoms with E-state index >= 15 is 0 Å². The van der Waals surface area contributed by atoms with Crippen LogP contribution in [0.2, 0.25) is 0 Å². The third-order valence-corrected chi connectivity index (χ3v) is 4.80. The molecule has 0 radical (unpaired) electrons. The van der Waals surface area contributed by atoms with Crippen LogP contribution in [0.15, 0.2) is 0 Å². The number of thiol groups is 1. The molecule has 1 atom stereocenters. The van der Waals surface area contributed by atoms with Gasteiger partial charge in [-0.3, -0.25) is 0 Å². The van der Waals surface area contributed by atoms with Gasteiger partial charge in [-0.25, -0.2) is 0 Å². The molecule has 0 aromatic rings. The predicted octanol–water partition coefficient (Wildman–Crippen LogP) is -0.409. The summed E-state index contributed by atoms with van der Waals surface area (Å²) in [5, 5.41) is 0. The molecular weight excluding hydrogens is 180 g/mol. The quantitative estimate of drug-likeness (QED) is 0.376.